The van der Waals surface area contributed by atoms with Gasteiger partial charge in [0.1, 0.15) is 5.69 Å². The summed E-state index contributed by atoms with van der Waals surface area (Å²) in [4.78, 5) is 26.2. The van der Waals surface area contributed by atoms with Crippen molar-refractivity contribution in [2.75, 3.05) is 13.2 Å². The number of benzene rings is 1. The van der Waals surface area contributed by atoms with Crippen LogP contribution in [0.3, 0.4) is 0 Å². The van der Waals surface area contributed by atoms with Gasteiger partial charge in [-0.3, -0.25) is 4.79 Å². The molecule has 8 heteroatoms. The number of ether oxygens (including phenoxy) is 1. The van der Waals surface area contributed by atoms with Crippen molar-refractivity contribution in [3.05, 3.63) is 52.3 Å². The maximum Gasteiger partial charge on any atom is 0.355 e. The second kappa shape index (κ2) is 9.78. The average molecular weight is 449 g/mol. The highest BCUT2D eigenvalue weighted by atomic mass is 32.2. The SMILES string of the molecule is CCOC(=O)c1c(C)c(C(=O)[C@@H](C)N(CC)S(=O)(=O)c2ccc(C)cc2)c(C)n1CC. The first-order chi connectivity index (χ1) is 14.5. The van der Waals surface area contributed by atoms with Crippen LogP contribution in [0.5, 0.6) is 0 Å². The Balaban J connectivity index is 2.52. The third-order valence-corrected chi connectivity index (χ3v) is 7.61. The number of nitrogens with zero attached hydrogens (tertiary/aromatic N) is 2. The molecule has 0 aliphatic heterocycles. The fraction of sp³-hybridized carbons (Fsp3) is 0.478. The molecule has 0 spiro atoms. The van der Waals surface area contributed by atoms with Crippen LogP contribution >= 0.6 is 0 Å². The molecule has 1 aromatic heterocycles. The molecule has 0 aliphatic carbocycles. The second-order valence-corrected chi connectivity index (χ2v) is 9.35. The van der Waals surface area contributed by atoms with Gasteiger partial charge in [0.15, 0.2) is 5.78 Å². The van der Waals surface area contributed by atoms with Crippen LogP contribution < -0.4 is 0 Å². The van der Waals surface area contributed by atoms with E-state index in [-0.39, 0.29) is 23.8 Å². The molecule has 7 nitrogen and oxygen atoms in total. The number of Topliss-reactive ketones (excluding diaryl/α,β-unsaturated/α-hetero) is 1. The molecule has 0 fully saturated rings. The van der Waals surface area contributed by atoms with Gasteiger partial charge in [0, 0.05) is 24.3 Å². The summed E-state index contributed by atoms with van der Waals surface area (Å²) in [6.07, 6.45) is 0. The van der Waals surface area contributed by atoms with Gasteiger partial charge in [-0.15, -0.1) is 0 Å². The number of aromatic nitrogens is 1. The third kappa shape index (κ3) is 4.60. The molecule has 2 rings (SSSR count). The maximum atomic E-state index is 13.5. The summed E-state index contributed by atoms with van der Waals surface area (Å²) in [7, 11) is -3.87. The number of carbonyl (C=O) groups is 2. The van der Waals surface area contributed by atoms with Crippen LogP contribution in [0.25, 0.3) is 0 Å². The molecule has 1 aromatic carbocycles. The zero-order chi connectivity index (χ0) is 23.5. The van der Waals surface area contributed by atoms with Crippen LogP contribution in [-0.4, -0.2) is 48.2 Å². The second-order valence-electron chi connectivity index (χ2n) is 7.46. The van der Waals surface area contributed by atoms with E-state index in [1.165, 1.54) is 4.31 Å². The molecular weight excluding hydrogens is 416 g/mol. The van der Waals surface area contributed by atoms with Crippen molar-refractivity contribution in [2.24, 2.45) is 0 Å². The number of esters is 1. The van der Waals surface area contributed by atoms with Gasteiger partial charge in [0.25, 0.3) is 0 Å². The minimum Gasteiger partial charge on any atom is -0.461 e. The van der Waals surface area contributed by atoms with Crippen molar-refractivity contribution in [1.82, 2.24) is 8.87 Å². The lowest BCUT2D eigenvalue weighted by atomic mass is 10.0. The summed E-state index contributed by atoms with van der Waals surface area (Å²) >= 11 is 0. The normalized spacial score (nSPS) is 12.8. The van der Waals surface area contributed by atoms with E-state index in [9.17, 15) is 18.0 Å². The highest BCUT2D eigenvalue weighted by Gasteiger charge is 2.35. The number of aryl methyl sites for hydroxylation is 1. The molecule has 31 heavy (non-hydrogen) atoms. The Bertz CT molecular complexity index is 1070. The molecule has 0 saturated heterocycles. The molecule has 0 bridgehead atoms. The molecule has 170 valence electrons. The molecule has 1 heterocycles. The Morgan fingerprint density at radius 3 is 2.13 bits per heavy atom. The number of hydrogen-bond donors (Lipinski definition) is 0. The van der Waals surface area contributed by atoms with Gasteiger partial charge >= 0.3 is 5.97 Å². The average Bonchev–Trinajstić information content (AvgIpc) is 2.97. The van der Waals surface area contributed by atoms with Gasteiger partial charge in [0.2, 0.25) is 10.0 Å². The lowest BCUT2D eigenvalue weighted by Gasteiger charge is -2.26. The topological polar surface area (TPSA) is 85.7 Å². The number of sulfonamides is 1. The van der Waals surface area contributed by atoms with Crippen LogP contribution in [0, 0.1) is 20.8 Å². The van der Waals surface area contributed by atoms with Crippen LogP contribution in [-0.2, 0) is 21.3 Å². The quantitative estimate of drug-likeness (QED) is 0.429. The number of ketones is 1. The molecule has 0 radical (unpaired) electrons. The number of carbonyl (C=O) groups excluding carboxylic acids is 2. The lowest BCUT2D eigenvalue weighted by molar-refractivity contribution is 0.0512. The van der Waals surface area contributed by atoms with Crippen molar-refractivity contribution < 1.29 is 22.7 Å². The molecule has 1 atom stereocenters. The Labute approximate surface area is 185 Å². The molecule has 0 N–H and O–H groups in total. The number of likely N-dealkylation sites (N-methyl/N-ethyl adjacent to an activating group) is 1. The van der Waals surface area contributed by atoms with Crippen LogP contribution in [0.4, 0.5) is 0 Å². The Kier molecular flexibility index (Phi) is 7.83. The summed E-state index contributed by atoms with van der Waals surface area (Å²) < 4.78 is 34.6. The zero-order valence-corrected chi connectivity index (χ0v) is 20.2. The van der Waals surface area contributed by atoms with Crippen molar-refractivity contribution in [3.63, 3.8) is 0 Å². The zero-order valence-electron chi connectivity index (χ0n) is 19.4. The van der Waals surface area contributed by atoms with Crippen molar-refractivity contribution in [2.45, 2.75) is 65.9 Å². The third-order valence-electron chi connectivity index (χ3n) is 5.55. The first-order valence-corrected chi connectivity index (χ1v) is 12.0. The predicted molar refractivity (Wildman–Crippen MR) is 120 cm³/mol. The lowest BCUT2D eigenvalue weighted by Crippen LogP contribution is -2.43. The fourth-order valence-electron chi connectivity index (χ4n) is 3.95. The van der Waals surface area contributed by atoms with Gasteiger partial charge in [-0.1, -0.05) is 24.6 Å². The van der Waals surface area contributed by atoms with E-state index >= 15 is 0 Å². The molecule has 0 unspecified atom stereocenters. The van der Waals surface area contributed by atoms with E-state index in [1.807, 2.05) is 13.8 Å². The molecule has 0 saturated carbocycles. The Morgan fingerprint density at radius 1 is 1.06 bits per heavy atom. The van der Waals surface area contributed by atoms with Gasteiger partial charge in [-0.05, 0) is 59.2 Å². The number of hydrogen-bond acceptors (Lipinski definition) is 5. The van der Waals surface area contributed by atoms with Gasteiger partial charge < -0.3 is 9.30 Å². The monoisotopic (exact) mass is 448 g/mol. The standard InChI is InChI=1S/C23H32N2O5S/c1-8-24-17(6)20(16(5)21(24)23(27)30-10-3)22(26)18(7)25(9-2)31(28,29)19-13-11-15(4)12-14-19/h11-14,18H,8-10H2,1-7H3/t18-/m1/s1. The smallest absolute Gasteiger partial charge is 0.355 e. The number of rotatable bonds is 9. The van der Waals surface area contributed by atoms with Crippen LogP contribution in [0.1, 0.15) is 65.4 Å². The highest BCUT2D eigenvalue weighted by Crippen LogP contribution is 2.27. The minimum absolute atomic E-state index is 0.139. The van der Waals surface area contributed by atoms with E-state index < -0.39 is 22.0 Å². The summed E-state index contributed by atoms with van der Waals surface area (Å²) in [6, 6.07) is 5.63. The first kappa shape index (κ1) is 24.8. The predicted octanol–water partition coefficient (Wildman–Crippen LogP) is 3.89. The van der Waals surface area contributed by atoms with Crippen LogP contribution in [0.2, 0.25) is 0 Å². The summed E-state index contributed by atoms with van der Waals surface area (Å²) in [5.74, 6) is -0.832. The van der Waals surface area contributed by atoms with Gasteiger partial charge in [-0.25, -0.2) is 13.2 Å². The van der Waals surface area contributed by atoms with Crippen molar-refractivity contribution in [3.8, 4) is 0 Å². The highest BCUT2D eigenvalue weighted by molar-refractivity contribution is 7.89. The molecule has 0 aliphatic rings. The minimum atomic E-state index is -3.87. The van der Waals surface area contributed by atoms with E-state index in [0.717, 1.165) is 5.56 Å². The van der Waals surface area contributed by atoms with E-state index in [4.69, 9.17) is 4.74 Å². The summed E-state index contributed by atoms with van der Waals surface area (Å²) in [5, 5.41) is 0. The Hall–Kier alpha value is -2.45. The maximum absolute atomic E-state index is 13.5. The largest absolute Gasteiger partial charge is 0.461 e. The van der Waals surface area contributed by atoms with Crippen molar-refractivity contribution >= 4 is 21.8 Å². The Morgan fingerprint density at radius 2 is 1.65 bits per heavy atom. The fourth-order valence-corrected chi connectivity index (χ4v) is 5.56. The molecule has 2 aromatic rings. The van der Waals surface area contributed by atoms with Gasteiger partial charge in [-0.2, -0.15) is 4.31 Å². The van der Waals surface area contributed by atoms with Crippen LogP contribution in [0.15, 0.2) is 29.2 Å². The molecule has 0 amide bonds. The van der Waals surface area contributed by atoms with Crippen molar-refractivity contribution in [1.29, 1.82) is 0 Å². The molecular formula is C23H32N2O5S. The van der Waals surface area contributed by atoms with E-state index in [1.54, 1.807) is 63.5 Å². The summed E-state index contributed by atoms with van der Waals surface area (Å²) in [5.41, 5.74) is 2.80. The van der Waals surface area contributed by atoms with E-state index in [0.29, 0.717) is 29.1 Å². The first-order valence-electron chi connectivity index (χ1n) is 10.5. The van der Waals surface area contributed by atoms with E-state index in [2.05, 4.69) is 0 Å². The van der Waals surface area contributed by atoms with Gasteiger partial charge in [0.05, 0.1) is 17.5 Å². The summed E-state index contributed by atoms with van der Waals surface area (Å²) in [6.45, 7) is 13.1.